The summed E-state index contributed by atoms with van der Waals surface area (Å²) >= 11 is 0. The second kappa shape index (κ2) is 5.63. The molecule has 76 valence electrons. The van der Waals surface area contributed by atoms with Crippen LogP contribution < -0.4 is 11.1 Å². The highest BCUT2D eigenvalue weighted by atomic mass is 16.2. The van der Waals surface area contributed by atoms with E-state index in [0.29, 0.717) is 6.04 Å². The van der Waals surface area contributed by atoms with Gasteiger partial charge in [0.1, 0.15) is 0 Å². The maximum Gasteiger partial charge on any atom is 0.285 e. The molecule has 0 aromatic carbocycles. The van der Waals surface area contributed by atoms with Gasteiger partial charge in [-0.15, -0.1) is 0 Å². The van der Waals surface area contributed by atoms with E-state index in [1.165, 1.54) is 12.8 Å². The first kappa shape index (κ1) is 11.0. The Labute approximate surface area is 81.2 Å². The molecular formula is C9H21BN2O. The van der Waals surface area contributed by atoms with E-state index >= 15 is 0 Å². The van der Waals surface area contributed by atoms with Gasteiger partial charge in [-0.25, -0.2) is 0 Å². The van der Waals surface area contributed by atoms with Crippen LogP contribution in [0.3, 0.4) is 0 Å². The molecule has 2 unspecified atom stereocenters. The highest BCUT2D eigenvalue weighted by molar-refractivity contribution is 6.48. The van der Waals surface area contributed by atoms with Gasteiger partial charge in [0, 0.05) is 12.6 Å². The van der Waals surface area contributed by atoms with Crippen molar-refractivity contribution >= 4 is 6.92 Å². The summed E-state index contributed by atoms with van der Waals surface area (Å²) in [7, 11) is 0. The molecule has 0 radical (unpaired) electrons. The molecule has 3 nitrogen and oxygen atoms in total. The van der Waals surface area contributed by atoms with Crippen LogP contribution in [0.15, 0.2) is 0 Å². The molecule has 1 rings (SSSR count). The lowest BCUT2D eigenvalue weighted by atomic mass is 9.66. The van der Waals surface area contributed by atoms with Gasteiger partial charge >= 0.3 is 0 Å². The molecule has 2 atom stereocenters. The minimum absolute atomic E-state index is 0.139. The number of hydrogen-bond acceptors (Lipinski definition) is 3. The van der Waals surface area contributed by atoms with Gasteiger partial charge < -0.3 is 16.1 Å². The Morgan fingerprint density at radius 1 is 1.62 bits per heavy atom. The Morgan fingerprint density at radius 2 is 2.38 bits per heavy atom. The molecule has 1 fully saturated rings. The Hall–Kier alpha value is -0.0551. The topological polar surface area (TPSA) is 58.3 Å². The van der Waals surface area contributed by atoms with Crippen LogP contribution in [0.4, 0.5) is 0 Å². The summed E-state index contributed by atoms with van der Waals surface area (Å²) < 4.78 is 0. The first-order valence-corrected chi connectivity index (χ1v) is 5.34. The summed E-state index contributed by atoms with van der Waals surface area (Å²) in [6.45, 7) is 3.59. The van der Waals surface area contributed by atoms with Crippen molar-refractivity contribution in [3.05, 3.63) is 0 Å². The van der Waals surface area contributed by atoms with Crippen molar-refractivity contribution in [1.82, 2.24) is 5.32 Å². The fraction of sp³-hybridized carbons (Fsp3) is 1.00. The lowest BCUT2D eigenvalue weighted by Gasteiger charge is -2.08. The molecule has 13 heavy (non-hydrogen) atoms. The van der Waals surface area contributed by atoms with Crippen LogP contribution in [0.5, 0.6) is 0 Å². The van der Waals surface area contributed by atoms with E-state index in [1.54, 1.807) is 0 Å². The molecule has 1 saturated heterocycles. The maximum absolute atomic E-state index is 9.09. The smallest absolute Gasteiger partial charge is 0.285 e. The molecule has 0 amide bonds. The third-order valence-corrected chi connectivity index (χ3v) is 2.83. The zero-order chi connectivity index (χ0) is 9.68. The van der Waals surface area contributed by atoms with Crippen molar-refractivity contribution in [3.63, 3.8) is 0 Å². The highest BCUT2D eigenvalue weighted by Crippen LogP contribution is 2.19. The zero-order valence-corrected chi connectivity index (χ0v) is 8.50. The second-order valence-electron chi connectivity index (χ2n) is 4.22. The van der Waals surface area contributed by atoms with Gasteiger partial charge in [0.2, 0.25) is 0 Å². The van der Waals surface area contributed by atoms with E-state index in [-0.39, 0.29) is 6.92 Å². The predicted molar refractivity (Wildman–Crippen MR) is 56.8 cm³/mol. The fourth-order valence-corrected chi connectivity index (χ4v) is 2.00. The Bertz CT molecular complexity index is 144. The molecule has 1 aliphatic heterocycles. The molecule has 4 N–H and O–H groups in total. The van der Waals surface area contributed by atoms with Gasteiger partial charge in [0.05, 0.1) is 0 Å². The van der Waals surface area contributed by atoms with Gasteiger partial charge in [-0.3, -0.25) is 0 Å². The van der Waals surface area contributed by atoms with E-state index in [1.807, 2.05) is 6.82 Å². The molecule has 1 heterocycles. The number of nitrogens with two attached hydrogens (primary N) is 1. The first-order chi connectivity index (χ1) is 6.22. The summed E-state index contributed by atoms with van der Waals surface area (Å²) in [5.41, 5.74) is 5.57. The third kappa shape index (κ3) is 4.11. The summed E-state index contributed by atoms with van der Waals surface area (Å²) in [6, 6.07) is 0.538. The SMILES string of the molecule is CB(O)CCCC1CNC(CN)C1. The molecule has 0 spiro atoms. The Morgan fingerprint density at radius 3 is 2.92 bits per heavy atom. The Kier molecular flexibility index (Phi) is 4.77. The van der Waals surface area contributed by atoms with E-state index in [2.05, 4.69) is 5.32 Å². The largest absolute Gasteiger partial charge is 0.451 e. The van der Waals surface area contributed by atoms with Crippen LogP contribution in [0.25, 0.3) is 0 Å². The minimum Gasteiger partial charge on any atom is -0.451 e. The van der Waals surface area contributed by atoms with Crippen LogP contribution >= 0.6 is 0 Å². The van der Waals surface area contributed by atoms with Crippen LogP contribution in [-0.4, -0.2) is 31.1 Å². The van der Waals surface area contributed by atoms with E-state index in [0.717, 1.165) is 31.7 Å². The molecule has 0 saturated carbocycles. The fourth-order valence-electron chi connectivity index (χ4n) is 2.00. The van der Waals surface area contributed by atoms with Gasteiger partial charge in [0.25, 0.3) is 6.92 Å². The van der Waals surface area contributed by atoms with E-state index in [4.69, 9.17) is 10.8 Å². The van der Waals surface area contributed by atoms with Gasteiger partial charge in [0.15, 0.2) is 0 Å². The Balaban J connectivity index is 2.03. The quantitative estimate of drug-likeness (QED) is 0.539. The molecule has 0 aromatic rings. The van der Waals surface area contributed by atoms with Gasteiger partial charge in [-0.2, -0.15) is 0 Å². The average molecular weight is 184 g/mol. The highest BCUT2D eigenvalue weighted by Gasteiger charge is 2.22. The van der Waals surface area contributed by atoms with Crippen LogP contribution in [0, 0.1) is 5.92 Å². The number of nitrogens with one attached hydrogen (secondary N) is 1. The summed E-state index contributed by atoms with van der Waals surface area (Å²) in [4.78, 5) is 0. The predicted octanol–water partition coefficient (Wildman–Crippen LogP) is 0.317. The number of rotatable bonds is 5. The molecule has 4 heteroatoms. The van der Waals surface area contributed by atoms with Gasteiger partial charge in [-0.05, 0) is 31.6 Å². The van der Waals surface area contributed by atoms with Gasteiger partial charge in [-0.1, -0.05) is 13.2 Å². The van der Waals surface area contributed by atoms with Crippen LogP contribution in [0.2, 0.25) is 13.1 Å². The maximum atomic E-state index is 9.09. The minimum atomic E-state index is -0.139. The van der Waals surface area contributed by atoms with E-state index in [9.17, 15) is 0 Å². The average Bonchev–Trinajstić information content (AvgIpc) is 2.52. The molecule has 0 aliphatic carbocycles. The van der Waals surface area contributed by atoms with Crippen molar-refractivity contribution in [2.45, 2.75) is 38.4 Å². The summed E-state index contributed by atoms with van der Waals surface area (Å²) in [5.74, 6) is 0.785. The lowest BCUT2D eigenvalue weighted by molar-refractivity contribution is 0.498. The molecule has 0 bridgehead atoms. The standard InChI is InChI=1S/C9H21BN2O/c1-10(13)4-2-3-8-5-9(6-11)12-7-8/h8-9,12-13H,2-7,11H2,1H3. The van der Waals surface area contributed by atoms with Crippen LogP contribution in [0.1, 0.15) is 19.3 Å². The van der Waals surface area contributed by atoms with Crippen molar-refractivity contribution in [3.8, 4) is 0 Å². The molecule has 0 aromatic heterocycles. The normalized spacial score (nSPS) is 27.9. The van der Waals surface area contributed by atoms with Crippen molar-refractivity contribution in [1.29, 1.82) is 0 Å². The van der Waals surface area contributed by atoms with Crippen LogP contribution in [-0.2, 0) is 0 Å². The van der Waals surface area contributed by atoms with Crippen molar-refractivity contribution in [2.75, 3.05) is 13.1 Å². The third-order valence-electron chi connectivity index (χ3n) is 2.83. The zero-order valence-electron chi connectivity index (χ0n) is 8.50. The number of hydrogen-bond donors (Lipinski definition) is 3. The second-order valence-corrected chi connectivity index (χ2v) is 4.22. The first-order valence-electron chi connectivity index (χ1n) is 5.34. The summed E-state index contributed by atoms with van der Waals surface area (Å²) in [5, 5.41) is 12.5. The molecular weight excluding hydrogens is 163 g/mol. The monoisotopic (exact) mass is 184 g/mol. The van der Waals surface area contributed by atoms with Crippen molar-refractivity contribution in [2.24, 2.45) is 11.7 Å². The molecule has 1 aliphatic rings. The summed E-state index contributed by atoms with van der Waals surface area (Å²) in [6.07, 6.45) is 4.52. The lowest BCUT2D eigenvalue weighted by Crippen LogP contribution is -2.29. The van der Waals surface area contributed by atoms with E-state index < -0.39 is 0 Å². The van der Waals surface area contributed by atoms with Crippen molar-refractivity contribution < 1.29 is 5.02 Å².